The van der Waals surface area contributed by atoms with Gasteiger partial charge in [0.1, 0.15) is 18.6 Å². The summed E-state index contributed by atoms with van der Waals surface area (Å²) in [6.45, 7) is 4.89. The molecule has 4 heterocycles. The molecule has 0 aliphatic carbocycles. The molecule has 1 fully saturated rings. The van der Waals surface area contributed by atoms with E-state index >= 15 is 0 Å². The molecule has 7 rings (SSSR count). The predicted molar refractivity (Wildman–Crippen MR) is 171 cm³/mol. The second-order valence-electron chi connectivity index (χ2n) is 12.6. The van der Waals surface area contributed by atoms with Crippen molar-refractivity contribution in [3.63, 3.8) is 0 Å². The van der Waals surface area contributed by atoms with Crippen LogP contribution in [0, 0.1) is 13.8 Å². The van der Waals surface area contributed by atoms with E-state index in [-0.39, 0.29) is 31.2 Å². The van der Waals surface area contributed by atoms with Crippen molar-refractivity contribution in [2.45, 2.75) is 64.0 Å². The number of benzene rings is 3. The Kier molecular flexibility index (Phi) is 7.86. The molecule has 0 saturated carbocycles. The van der Waals surface area contributed by atoms with Crippen molar-refractivity contribution in [2.24, 2.45) is 0 Å². The number of aryl methyl sites for hydroxylation is 1. The largest absolute Gasteiger partial charge is 0.504 e. The van der Waals surface area contributed by atoms with Crippen molar-refractivity contribution in [1.82, 2.24) is 9.80 Å². The molecule has 246 valence electrons. The number of aliphatic hydroxyl groups is 1. The number of aliphatic hydroxyl groups excluding tert-OH is 1. The van der Waals surface area contributed by atoms with Crippen molar-refractivity contribution < 1.29 is 43.5 Å². The Morgan fingerprint density at radius 1 is 1.04 bits per heavy atom. The number of phenolic OH excluding ortho intramolecular Hbond substituents is 1. The molecule has 5 atom stereocenters. The summed E-state index contributed by atoms with van der Waals surface area (Å²) >= 11 is 0. The van der Waals surface area contributed by atoms with Gasteiger partial charge in [0, 0.05) is 41.3 Å². The molecule has 0 aromatic heterocycles. The smallest absolute Gasteiger partial charge is 0.330 e. The molecule has 1 saturated heterocycles. The summed E-state index contributed by atoms with van der Waals surface area (Å²) in [6.07, 6.45) is 2.89. The highest BCUT2D eigenvalue weighted by Gasteiger charge is 2.56. The van der Waals surface area contributed by atoms with Crippen LogP contribution in [-0.2, 0) is 27.2 Å². The number of nitrogens with zero attached hydrogens (tertiary/aromatic N) is 2. The Morgan fingerprint density at radius 3 is 2.51 bits per heavy atom. The molecule has 4 aliphatic heterocycles. The number of ether oxygens (including phenoxy) is 5. The third-order valence-corrected chi connectivity index (χ3v) is 9.94. The Morgan fingerprint density at radius 2 is 1.79 bits per heavy atom. The Labute approximate surface area is 272 Å². The Bertz CT molecular complexity index is 1790. The van der Waals surface area contributed by atoms with E-state index in [2.05, 4.69) is 4.90 Å². The van der Waals surface area contributed by atoms with Gasteiger partial charge in [0.05, 0.1) is 25.2 Å². The van der Waals surface area contributed by atoms with Crippen LogP contribution < -0.4 is 18.9 Å². The minimum Gasteiger partial charge on any atom is -0.504 e. The predicted octanol–water partition coefficient (Wildman–Crippen LogP) is 4.13. The van der Waals surface area contributed by atoms with Crippen LogP contribution in [0.1, 0.15) is 58.0 Å². The fraction of sp³-hybridized carbons (Fsp3) is 0.389. The van der Waals surface area contributed by atoms with Gasteiger partial charge in [-0.25, -0.2) is 4.79 Å². The molecule has 47 heavy (non-hydrogen) atoms. The summed E-state index contributed by atoms with van der Waals surface area (Å²) in [6, 6.07) is 9.59. The lowest BCUT2D eigenvalue weighted by molar-refractivity contribution is -0.182. The molecule has 11 nitrogen and oxygen atoms in total. The first-order valence-corrected chi connectivity index (χ1v) is 15.7. The van der Waals surface area contributed by atoms with Gasteiger partial charge in [0.25, 0.3) is 0 Å². The molecule has 3 aromatic carbocycles. The minimum absolute atomic E-state index is 0.0289. The monoisotopic (exact) mass is 642 g/mol. The van der Waals surface area contributed by atoms with E-state index in [0.29, 0.717) is 52.5 Å². The average molecular weight is 643 g/mol. The average Bonchev–Trinajstić information content (AvgIpc) is 3.54. The highest BCUT2D eigenvalue weighted by Crippen LogP contribution is 2.58. The van der Waals surface area contributed by atoms with Crippen LogP contribution >= 0.6 is 0 Å². The van der Waals surface area contributed by atoms with E-state index in [9.17, 15) is 19.8 Å². The molecule has 4 aliphatic rings. The fourth-order valence-electron chi connectivity index (χ4n) is 8.02. The van der Waals surface area contributed by atoms with Gasteiger partial charge < -0.3 is 33.9 Å². The van der Waals surface area contributed by atoms with Gasteiger partial charge in [-0.3, -0.25) is 14.6 Å². The van der Waals surface area contributed by atoms with Crippen molar-refractivity contribution in [1.29, 1.82) is 0 Å². The highest BCUT2D eigenvalue weighted by molar-refractivity contribution is 5.87. The number of aromatic hydroxyl groups is 1. The number of piperazine rings is 1. The van der Waals surface area contributed by atoms with Crippen molar-refractivity contribution in [3.05, 3.63) is 81.4 Å². The summed E-state index contributed by atoms with van der Waals surface area (Å²) in [5, 5.41) is 23.8. The maximum absolute atomic E-state index is 13.1. The zero-order valence-corrected chi connectivity index (χ0v) is 27.0. The van der Waals surface area contributed by atoms with E-state index in [4.69, 9.17) is 23.7 Å². The van der Waals surface area contributed by atoms with Gasteiger partial charge in [-0.1, -0.05) is 36.4 Å². The van der Waals surface area contributed by atoms with Crippen molar-refractivity contribution in [2.75, 3.05) is 27.6 Å². The van der Waals surface area contributed by atoms with Crippen LogP contribution in [-0.4, -0.2) is 77.8 Å². The van der Waals surface area contributed by atoms with Crippen molar-refractivity contribution >= 4 is 18.0 Å². The number of methoxy groups -OCH3 is 1. The molecular formula is C36H38N2O9. The summed E-state index contributed by atoms with van der Waals surface area (Å²) < 4.78 is 29.3. The molecule has 2 unspecified atom stereocenters. The summed E-state index contributed by atoms with van der Waals surface area (Å²) in [4.78, 5) is 29.6. The van der Waals surface area contributed by atoms with Crippen LogP contribution in [0.4, 0.5) is 0 Å². The van der Waals surface area contributed by atoms with E-state index in [0.717, 1.165) is 22.3 Å². The van der Waals surface area contributed by atoms with Crippen LogP contribution in [0.15, 0.2) is 42.5 Å². The van der Waals surface area contributed by atoms with Crippen LogP contribution in [0.25, 0.3) is 6.08 Å². The summed E-state index contributed by atoms with van der Waals surface area (Å²) in [5.41, 5.74) is 5.29. The van der Waals surface area contributed by atoms with Gasteiger partial charge >= 0.3 is 11.9 Å². The highest BCUT2D eigenvalue weighted by atomic mass is 16.7. The number of esters is 2. The first kappa shape index (κ1) is 31.0. The molecule has 3 aromatic rings. The number of carbonyl (C=O) groups is 2. The number of carbonyl (C=O) groups excluding carboxylic acids is 2. The lowest BCUT2D eigenvalue weighted by atomic mass is 9.73. The zero-order valence-electron chi connectivity index (χ0n) is 27.0. The van der Waals surface area contributed by atoms with Gasteiger partial charge in [0.2, 0.25) is 6.79 Å². The van der Waals surface area contributed by atoms with E-state index in [1.165, 1.54) is 20.1 Å². The number of rotatable bonds is 6. The minimum atomic E-state index is -0.980. The number of phenols is 1. The van der Waals surface area contributed by atoms with Gasteiger partial charge in [-0.15, -0.1) is 0 Å². The Hall–Kier alpha value is -4.58. The van der Waals surface area contributed by atoms with E-state index < -0.39 is 30.3 Å². The van der Waals surface area contributed by atoms with Crippen LogP contribution in [0.3, 0.4) is 0 Å². The molecule has 0 spiro atoms. The normalized spacial score (nSPS) is 24.3. The van der Waals surface area contributed by atoms with Gasteiger partial charge in [0.15, 0.2) is 23.0 Å². The summed E-state index contributed by atoms with van der Waals surface area (Å²) in [5.74, 6) is 0.710. The number of fused-ring (bicyclic) bond motifs is 9. The molecule has 2 N–H and O–H groups in total. The number of hydrogen-bond acceptors (Lipinski definition) is 11. The molecule has 11 heteroatoms. The quantitative estimate of drug-likeness (QED) is 0.229. The van der Waals surface area contributed by atoms with Crippen molar-refractivity contribution in [3.8, 4) is 28.7 Å². The van der Waals surface area contributed by atoms with Crippen LogP contribution in [0.2, 0.25) is 0 Å². The standard InChI is InChI=1S/C36H38N2O9/c1-18-13-22-14-25-36(42)38-24(30(37(25)4)28(22)31(41)32(18)43-5)15-23-29(35-34(45-17-46-35)19(2)33(23)47-20(3)39)26(38)16-44-27(40)12-11-21-9-7-6-8-10-21/h6-13,24-26,30,36,41-42H,14-17H2,1-5H3/b12-11+/t24?,25-,26+,30-,36?/m1/s1. The molecule has 2 bridgehead atoms. The number of hydrogen-bond donors (Lipinski definition) is 2. The summed E-state index contributed by atoms with van der Waals surface area (Å²) in [7, 11) is 3.48. The fourth-order valence-corrected chi connectivity index (χ4v) is 8.02. The van der Waals surface area contributed by atoms with E-state index in [1.807, 2.05) is 62.2 Å². The van der Waals surface area contributed by atoms with Gasteiger partial charge in [-0.2, -0.15) is 0 Å². The SMILES string of the molecule is COc1c(C)cc2c(c1O)[C@H]1C3Cc4c(OC(C)=O)c(C)c5c(c4[C@H](COC(=O)/C=C/c4ccccc4)N3C(O)[C@@H](C2)N1C)OCO5. The maximum Gasteiger partial charge on any atom is 0.330 e. The Balaban J connectivity index is 1.37. The number of likely N-dealkylation sites (N-methyl/N-ethyl adjacent to an activating group) is 1. The first-order valence-electron chi connectivity index (χ1n) is 15.7. The topological polar surface area (TPSA) is 127 Å². The second-order valence-corrected chi connectivity index (χ2v) is 12.6. The van der Waals surface area contributed by atoms with Gasteiger partial charge in [-0.05, 0) is 56.5 Å². The lowest BCUT2D eigenvalue weighted by Crippen LogP contribution is -2.68. The zero-order chi connectivity index (χ0) is 33.1. The maximum atomic E-state index is 13.1. The second kappa shape index (κ2) is 11.9. The van der Waals surface area contributed by atoms with Crippen LogP contribution in [0.5, 0.6) is 28.7 Å². The molecule has 0 radical (unpaired) electrons. The molecule has 0 amide bonds. The molecular weight excluding hydrogens is 604 g/mol. The third-order valence-electron chi connectivity index (χ3n) is 9.94. The lowest BCUT2D eigenvalue weighted by Gasteiger charge is -2.60. The third kappa shape index (κ3) is 5.00. The first-order chi connectivity index (χ1) is 22.6. The van der Waals surface area contributed by atoms with E-state index in [1.54, 1.807) is 6.08 Å².